The van der Waals surface area contributed by atoms with Gasteiger partial charge in [-0.15, -0.1) is 0 Å². The first-order valence-corrected chi connectivity index (χ1v) is 8.78. The van der Waals surface area contributed by atoms with Crippen LogP contribution in [0.1, 0.15) is 21.5 Å². The lowest BCUT2D eigenvalue weighted by Crippen LogP contribution is -2.05. The van der Waals surface area contributed by atoms with Gasteiger partial charge in [0, 0.05) is 17.2 Å². The molecule has 0 N–H and O–H groups in total. The SMILES string of the molecule is O=C(/C=C/c1ccc2c(c1)OCO2)Oc1ccc(C(=O)c2ccc(F)cc2)cc1. The van der Waals surface area contributed by atoms with Gasteiger partial charge in [0.2, 0.25) is 6.79 Å². The quantitative estimate of drug-likeness (QED) is 0.280. The number of carbonyl (C=O) groups is 2. The van der Waals surface area contributed by atoms with Crippen LogP contribution in [-0.4, -0.2) is 18.5 Å². The van der Waals surface area contributed by atoms with Crippen molar-refractivity contribution in [3.63, 3.8) is 0 Å². The monoisotopic (exact) mass is 390 g/mol. The highest BCUT2D eigenvalue weighted by Crippen LogP contribution is 2.32. The van der Waals surface area contributed by atoms with Crippen molar-refractivity contribution in [2.24, 2.45) is 0 Å². The number of hydrogen-bond donors (Lipinski definition) is 0. The Morgan fingerprint density at radius 3 is 2.24 bits per heavy atom. The van der Waals surface area contributed by atoms with Gasteiger partial charge in [0.15, 0.2) is 17.3 Å². The van der Waals surface area contributed by atoms with Gasteiger partial charge in [-0.1, -0.05) is 6.07 Å². The van der Waals surface area contributed by atoms with Crippen LogP contribution in [0.3, 0.4) is 0 Å². The summed E-state index contributed by atoms with van der Waals surface area (Å²) >= 11 is 0. The number of esters is 1. The van der Waals surface area contributed by atoms with Crippen LogP contribution in [0.4, 0.5) is 4.39 Å². The summed E-state index contributed by atoms with van der Waals surface area (Å²) < 4.78 is 28.8. The fourth-order valence-corrected chi connectivity index (χ4v) is 2.77. The molecule has 144 valence electrons. The minimum absolute atomic E-state index is 0.185. The van der Waals surface area contributed by atoms with E-state index in [4.69, 9.17) is 14.2 Å². The molecule has 3 aromatic rings. The van der Waals surface area contributed by atoms with E-state index in [1.54, 1.807) is 36.4 Å². The highest BCUT2D eigenvalue weighted by molar-refractivity contribution is 6.09. The lowest BCUT2D eigenvalue weighted by molar-refractivity contribution is -0.128. The number of benzene rings is 3. The molecule has 1 heterocycles. The van der Waals surface area contributed by atoms with Crippen LogP contribution in [0.5, 0.6) is 17.2 Å². The zero-order valence-corrected chi connectivity index (χ0v) is 15.1. The Kier molecular flexibility index (Phi) is 5.07. The third-order valence-electron chi connectivity index (χ3n) is 4.25. The summed E-state index contributed by atoms with van der Waals surface area (Å²) in [5.41, 5.74) is 1.56. The van der Waals surface area contributed by atoms with Gasteiger partial charge < -0.3 is 14.2 Å². The lowest BCUT2D eigenvalue weighted by Gasteiger charge is -2.04. The van der Waals surface area contributed by atoms with Crippen molar-refractivity contribution in [2.75, 3.05) is 6.79 Å². The molecule has 1 aliphatic heterocycles. The molecular weight excluding hydrogens is 375 g/mol. The Hall–Kier alpha value is -3.93. The van der Waals surface area contributed by atoms with Gasteiger partial charge in [-0.25, -0.2) is 9.18 Å². The lowest BCUT2D eigenvalue weighted by atomic mass is 10.0. The molecule has 0 fully saturated rings. The van der Waals surface area contributed by atoms with E-state index < -0.39 is 11.8 Å². The smallest absolute Gasteiger partial charge is 0.336 e. The van der Waals surface area contributed by atoms with Gasteiger partial charge in [-0.05, 0) is 72.3 Å². The average Bonchev–Trinajstić information content (AvgIpc) is 3.21. The van der Waals surface area contributed by atoms with E-state index in [-0.39, 0.29) is 12.6 Å². The van der Waals surface area contributed by atoms with Crippen LogP contribution in [-0.2, 0) is 4.79 Å². The van der Waals surface area contributed by atoms with Crippen molar-refractivity contribution in [2.45, 2.75) is 0 Å². The maximum atomic E-state index is 13.0. The summed E-state index contributed by atoms with van der Waals surface area (Å²) in [6, 6.07) is 16.8. The normalized spacial score (nSPS) is 12.2. The number of rotatable bonds is 5. The van der Waals surface area contributed by atoms with E-state index in [0.717, 1.165) is 5.56 Å². The maximum Gasteiger partial charge on any atom is 0.336 e. The van der Waals surface area contributed by atoms with E-state index in [9.17, 15) is 14.0 Å². The minimum atomic E-state index is -0.555. The van der Waals surface area contributed by atoms with Crippen molar-refractivity contribution < 1.29 is 28.2 Å². The zero-order valence-electron chi connectivity index (χ0n) is 15.1. The van der Waals surface area contributed by atoms with Gasteiger partial charge >= 0.3 is 5.97 Å². The van der Waals surface area contributed by atoms with Gasteiger partial charge in [0.1, 0.15) is 11.6 Å². The number of carbonyl (C=O) groups excluding carboxylic acids is 2. The molecule has 0 atom stereocenters. The summed E-state index contributed by atoms with van der Waals surface area (Å²) in [7, 11) is 0. The summed E-state index contributed by atoms with van der Waals surface area (Å²) in [6.45, 7) is 0.185. The molecule has 0 unspecified atom stereocenters. The van der Waals surface area contributed by atoms with E-state index >= 15 is 0 Å². The van der Waals surface area contributed by atoms with Crippen molar-refractivity contribution in [3.8, 4) is 17.2 Å². The minimum Gasteiger partial charge on any atom is -0.454 e. The van der Waals surface area contributed by atoms with E-state index in [0.29, 0.717) is 28.4 Å². The first kappa shape index (κ1) is 18.4. The summed E-state index contributed by atoms with van der Waals surface area (Å²) in [5, 5.41) is 0. The average molecular weight is 390 g/mol. The molecule has 1 aliphatic rings. The van der Waals surface area contributed by atoms with Gasteiger partial charge in [0.25, 0.3) is 0 Å². The first-order chi connectivity index (χ1) is 14.1. The largest absolute Gasteiger partial charge is 0.454 e. The molecule has 0 saturated carbocycles. The molecule has 0 aliphatic carbocycles. The van der Waals surface area contributed by atoms with Crippen molar-refractivity contribution in [1.82, 2.24) is 0 Å². The molecule has 3 aromatic carbocycles. The number of ether oxygens (including phenoxy) is 3. The predicted octanol–water partition coefficient (Wildman–Crippen LogP) is 4.40. The third kappa shape index (κ3) is 4.32. The van der Waals surface area contributed by atoms with Crippen LogP contribution in [0.25, 0.3) is 6.08 Å². The van der Waals surface area contributed by atoms with Gasteiger partial charge in [-0.2, -0.15) is 0 Å². The number of fused-ring (bicyclic) bond motifs is 1. The second-order valence-corrected chi connectivity index (χ2v) is 6.23. The van der Waals surface area contributed by atoms with Crippen molar-refractivity contribution >= 4 is 17.8 Å². The predicted molar refractivity (Wildman–Crippen MR) is 104 cm³/mol. The topological polar surface area (TPSA) is 61.8 Å². The Labute approximate surface area is 166 Å². The second-order valence-electron chi connectivity index (χ2n) is 6.23. The maximum absolute atomic E-state index is 13.0. The Morgan fingerprint density at radius 1 is 0.862 bits per heavy atom. The van der Waals surface area contributed by atoms with Crippen LogP contribution in [0.15, 0.2) is 72.8 Å². The molecule has 29 heavy (non-hydrogen) atoms. The molecule has 0 saturated heterocycles. The molecule has 0 bridgehead atoms. The Morgan fingerprint density at radius 2 is 1.52 bits per heavy atom. The highest BCUT2D eigenvalue weighted by atomic mass is 19.1. The van der Waals surface area contributed by atoms with Crippen molar-refractivity contribution in [3.05, 3.63) is 95.3 Å². The number of halogens is 1. The van der Waals surface area contributed by atoms with Crippen molar-refractivity contribution in [1.29, 1.82) is 0 Å². The second kappa shape index (κ2) is 7.98. The number of ketones is 1. The standard InChI is InChI=1S/C23H15FO5/c24-18-7-3-16(4-8-18)23(26)17-5-9-19(10-6-17)29-22(25)12-2-15-1-11-20-21(13-15)28-14-27-20/h1-13H,14H2/b12-2+. The molecule has 5 nitrogen and oxygen atoms in total. The fraction of sp³-hybridized carbons (Fsp3) is 0.0435. The fourth-order valence-electron chi connectivity index (χ4n) is 2.77. The molecule has 0 radical (unpaired) electrons. The molecule has 0 aromatic heterocycles. The Balaban J connectivity index is 1.38. The highest BCUT2D eigenvalue weighted by Gasteiger charge is 2.13. The zero-order chi connectivity index (χ0) is 20.2. The summed E-state index contributed by atoms with van der Waals surface area (Å²) in [5.74, 6) is 0.395. The molecular formula is C23H15FO5. The summed E-state index contributed by atoms with van der Waals surface area (Å²) in [6.07, 6.45) is 2.91. The van der Waals surface area contributed by atoms with Crippen LogP contribution >= 0.6 is 0 Å². The molecule has 0 amide bonds. The summed E-state index contributed by atoms with van der Waals surface area (Å²) in [4.78, 5) is 24.4. The van der Waals surface area contributed by atoms with Crippen LogP contribution in [0.2, 0.25) is 0 Å². The van der Waals surface area contributed by atoms with Gasteiger partial charge in [0.05, 0.1) is 0 Å². The number of hydrogen-bond acceptors (Lipinski definition) is 5. The third-order valence-corrected chi connectivity index (χ3v) is 4.25. The molecule has 6 heteroatoms. The van der Waals surface area contributed by atoms with Crippen LogP contribution in [0, 0.1) is 5.82 Å². The van der Waals surface area contributed by atoms with Crippen LogP contribution < -0.4 is 14.2 Å². The Bertz CT molecular complexity index is 1090. The molecule has 0 spiro atoms. The van der Waals surface area contributed by atoms with E-state index in [2.05, 4.69) is 0 Å². The molecule has 4 rings (SSSR count). The van der Waals surface area contributed by atoms with Gasteiger partial charge in [-0.3, -0.25) is 4.79 Å². The first-order valence-electron chi connectivity index (χ1n) is 8.78. The van der Waals surface area contributed by atoms with E-state index in [1.807, 2.05) is 0 Å². The van der Waals surface area contributed by atoms with E-state index in [1.165, 1.54) is 42.5 Å².